The quantitative estimate of drug-likeness (QED) is 0.760. The normalized spacial score (nSPS) is 10.5. The molecule has 2 heterocycles. The number of hydrogen-bond donors (Lipinski definition) is 2. The fraction of sp³-hybridized carbons (Fsp3) is 0.200. The number of anilines is 1. The topological polar surface area (TPSA) is 82.8 Å². The Morgan fingerprint density at radius 3 is 2.67 bits per heavy atom. The van der Waals surface area contributed by atoms with Gasteiger partial charge in [0, 0.05) is 30.6 Å². The zero-order chi connectivity index (χ0) is 10.7. The van der Waals surface area contributed by atoms with Crippen molar-refractivity contribution in [3.63, 3.8) is 0 Å². The molecule has 0 bridgehead atoms. The van der Waals surface area contributed by atoms with Crippen molar-refractivity contribution in [2.45, 2.75) is 6.54 Å². The van der Waals surface area contributed by atoms with Gasteiger partial charge in [0.05, 0.1) is 12.2 Å². The van der Waals surface area contributed by atoms with Crippen LogP contribution in [-0.2, 0) is 6.54 Å². The average Bonchev–Trinajstić information content (AvgIpc) is 2.63. The Bertz CT molecular complexity index is 434. The van der Waals surface area contributed by atoms with E-state index in [1.807, 2.05) is 18.2 Å². The van der Waals surface area contributed by atoms with Gasteiger partial charge in [-0.2, -0.15) is 5.10 Å². The second-order valence-electron chi connectivity index (χ2n) is 3.20. The second kappa shape index (κ2) is 4.10. The van der Waals surface area contributed by atoms with Gasteiger partial charge in [0.2, 0.25) is 0 Å². The van der Waals surface area contributed by atoms with Crippen LogP contribution in [0.2, 0.25) is 0 Å². The lowest BCUT2D eigenvalue weighted by atomic mass is 10.2. The van der Waals surface area contributed by atoms with Crippen molar-refractivity contribution in [1.82, 2.24) is 14.8 Å². The minimum Gasteiger partial charge on any atom is -0.384 e. The van der Waals surface area contributed by atoms with Crippen LogP contribution >= 0.6 is 0 Å². The predicted molar refractivity (Wildman–Crippen MR) is 58.9 cm³/mol. The highest BCUT2D eigenvalue weighted by Gasteiger charge is 2.05. The standard InChI is InChI=1S/C10H13N5/c11-3-6-15-10(12)7-9(14-15)8-1-4-13-5-2-8/h1-2,4-5,7H,3,6,11-12H2. The number of aromatic nitrogens is 3. The van der Waals surface area contributed by atoms with Crippen molar-refractivity contribution in [2.24, 2.45) is 5.73 Å². The van der Waals surface area contributed by atoms with Crippen molar-refractivity contribution >= 4 is 5.82 Å². The van der Waals surface area contributed by atoms with Gasteiger partial charge in [0.15, 0.2) is 0 Å². The van der Waals surface area contributed by atoms with E-state index < -0.39 is 0 Å². The maximum absolute atomic E-state index is 5.79. The second-order valence-corrected chi connectivity index (χ2v) is 3.20. The Labute approximate surface area is 87.7 Å². The van der Waals surface area contributed by atoms with E-state index in [4.69, 9.17) is 11.5 Å². The Kier molecular flexibility index (Phi) is 2.64. The summed E-state index contributed by atoms with van der Waals surface area (Å²) in [7, 11) is 0. The highest BCUT2D eigenvalue weighted by molar-refractivity contribution is 5.61. The van der Waals surface area contributed by atoms with Gasteiger partial charge in [-0.1, -0.05) is 0 Å². The van der Waals surface area contributed by atoms with E-state index in [-0.39, 0.29) is 0 Å². The molecule has 0 spiro atoms. The largest absolute Gasteiger partial charge is 0.384 e. The lowest BCUT2D eigenvalue weighted by Gasteiger charge is -1.99. The minimum absolute atomic E-state index is 0.529. The molecule has 0 aliphatic carbocycles. The maximum Gasteiger partial charge on any atom is 0.122 e. The third-order valence-corrected chi connectivity index (χ3v) is 2.13. The molecule has 78 valence electrons. The first kappa shape index (κ1) is 9.67. The van der Waals surface area contributed by atoms with E-state index in [1.165, 1.54) is 0 Å². The van der Waals surface area contributed by atoms with E-state index in [0.29, 0.717) is 18.9 Å². The van der Waals surface area contributed by atoms with Crippen LogP contribution in [0, 0.1) is 0 Å². The van der Waals surface area contributed by atoms with Crippen LogP contribution in [0.5, 0.6) is 0 Å². The molecule has 5 heteroatoms. The number of nitrogens with zero attached hydrogens (tertiary/aromatic N) is 3. The van der Waals surface area contributed by atoms with Gasteiger partial charge in [-0.15, -0.1) is 0 Å². The molecular formula is C10H13N5. The summed E-state index contributed by atoms with van der Waals surface area (Å²) >= 11 is 0. The summed E-state index contributed by atoms with van der Waals surface area (Å²) in [4.78, 5) is 3.95. The highest BCUT2D eigenvalue weighted by Crippen LogP contribution is 2.18. The number of rotatable bonds is 3. The molecule has 2 aromatic rings. The fourth-order valence-electron chi connectivity index (χ4n) is 1.40. The van der Waals surface area contributed by atoms with Crippen LogP contribution < -0.4 is 11.5 Å². The number of nitrogen functional groups attached to an aromatic ring is 1. The molecule has 5 nitrogen and oxygen atoms in total. The molecule has 2 rings (SSSR count). The zero-order valence-electron chi connectivity index (χ0n) is 8.30. The van der Waals surface area contributed by atoms with Crippen LogP contribution in [0.1, 0.15) is 0 Å². The first-order valence-corrected chi connectivity index (χ1v) is 4.75. The van der Waals surface area contributed by atoms with Crippen LogP contribution in [0.4, 0.5) is 5.82 Å². The molecule has 0 amide bonds. The third kappa shape index (κ3) is 1.97. The molecule has 0 unspecified atom stereocenters. The van der Waals surface area contributed by atoms with Crippen molar-refractivity contribution in [3.05, 3.63) is 30.6 Å². The average molecular weight is 203 g/mol. The zero-order valence-corrected chi connectivity index (χ0v) is 8.30. The maximum atomic E-state index is 5.79. The Balaban J connectivity index is 2.34. The van der Waals surface area contributed by atoms with Crippen LogP contribution in [0.15, 0.2) is 30.6 Å². The monoisotopic (exact) mass is 203 g/mol. The molecule has 0 radical (unpaired) electrons. The van der Waals surface area contributed by atoms with Crippen molar-refractivity contribution in [1.29, 1.82) is 0 Å². The third-order valence-electron chi connectivity index (χ3n) is 2.13. The Morgan fingerprint density at radius 1 is 1.27 bits per heavy atom. The molecule has 15 heavy (non-hydrogen) atoms. The van der Waals surface area contributed by atoms with Gasteiger partial charge < -0.3 is 11.5 Å². The summed E-state index contributed by atoms with van der Waals surface area (Å²) in [5.74, 6) is 0.632. The van der Waals surface area contributed by atoms with E-state index in [1.54, 1.807) is 17.1 Å². The van der Waals surface area contributed by atoms with Crippen LogP contribution in [0.3, 0.4) is 0 Å². The van der Waals surface area contributed by atoms with E-state index in [2.05, 4.69) is 10.1 Å². The minimum atomic E-state index is 0.529. The summed E-state index contributed by atoms with van der Waals surface area (Å²) in [5, 5.41) is 4.35. The molecular weight excluding hydrogens is 190 g/mol. The first-order chi connectivity index (χ1) is 7.31. The lowest BCUT2D eigenvalue weighted by Crippen LogP contribution is -2.13. The molecule has 0 saturated heterocycles. The van der Waals surface area contributed by atoms with Gasteiger partial charge in [0.25, 0.3) is 0 Å². The van der Waals surface area contributed by atoms with Gasteiger partial charge in [-0.25, -0.2) is 4.68 Å². The molecule has 2 aromatic heterocycles. The highest BCUT2D eigenvalue weighted by atomic mass is 15.3. The molecule has 4 N–H and O–H groups in total. The Hall–Kier alpha value is -1.88. The predicted octanol–water partition coefficient (Wildman–Crippen LogP) is 0.486. The molecule has 0 aliphatic heterocycles. The van der Waals surface area contributed by atoms with Gasteiger partial charge in [0.1, 0.15) is 5.82 Å². The molecule has 0 aliphatic rings. The molecule has 0 saturated carbocycles. The van der Waals surface area contributed by atoms with Gasteiger partial charge in [-0.05, 0) is 12.1 Å². The summed E-state index contributed by atoms with van der Waals surface area (Å²) in [6, 6.07) is 5.63. The molecule has 0 aromatic carbocycles. The van der Waals surface area contributed by atoms with Crippen LogP contribution in [-0.4, -0.2) is 21.3 Å². The summed E-state index contributed by atoms with van der Waals surface area (Å²) < 4.78 is 1.70. The number of nitrogens with two attached hydrogens (primary N) is 2. The van der Waals surface area contributed by atoms with Crippen molar-refractivity contribution < 1.29 is 0 Å². The Morgan fingerprint density at radius 2 is 2.00 bits per heavy atom. The molecule has 0 fully saturated rings. The first-order valence-electron chi connectivity index (χ1n) is 4.75. The van der Waals surface area contributed by atoms with Gasteiger partial charge in [-0.3, -0.25) is 4.98 Å². The van der Waals surface area contributed by atoms with E-state index in [0.717, 1.165) is 11.3 Å². The van der Waals surface area contributed by atoms with E-state index >= 15 is 0 Å². The SMILES string of the molecule is NCCn1nc(-c2ccncc2)cc1N. The van der Waals surface area contributed by atoms with Crippen molar-refractivity contribution in [3.8, 4) is 11.3 Å². The lowest BCUT2D eigenvalue weighted by molar-refractivity contribution is 0.636. The number of pyridine rings is 1. The molecule has 0 atom stereocenters. The summed E-state index contributed by atoms with van der Waals surface area (Å²) in [6.07, 6.45) is 3.46. The smallest absolute Gasteiger partial charge is 0.122 e. The fourth-order valence-corrected chi connectivity index (χ4v) is 1.40. The number of hydrogen-bond acceptors (Lipinski definition) is 4. The van der Waals surface area contributed by atoms with Crippen molar-refractivity contribution in [2.75, 3.05) is 12.3 Å². The summed E-state index contributed by atoms with van der Waals surface area (Å²) in [5.41, 5.74) is 13.1. The van der Waals surface area contributed by atoms with Crippen LogP contribution in [0.25, 0.3) is 11.3 Å². The summed E-state index contributed by atoms with van der Waals surface area (Å²) in [6.45, 7) is 1.17. The van der Waals surface area contributed by atoms with E-state index in [9.17, 15) is 0 Å². The van der Waals surface area contributed by atoms with Gasteiger partial charge >= 0.3 is 0 Å².